The van der Waals surface area contributed by atoms with Gasteiger partial charge in [-0.3, -0.25) is 0 Å². The van der Waals surface area contributed by atoms with Crippen LogP contribution in [0.15, 0.2) is 52.9 Å². The summed E-state index contributed by atoms with van der Waals surface area (Å²) < 4.78 is 5.64. The van der Waals surface area contributed by atoms with Gasteiger partial charge in [0.05, 0.1) is 12.0 Å². The van der Waals surface area contributed by atoms with Crippen molar-refractivity contribution < 1.29 is 4.42 Å². The van der Waals surface area contributed by atoms with Crippen molar-refractivity contribution in [2.45, 2.75) is 12.3 Å². The van der Waals surface area contributed by atoms with Crippen LogP contribution in [0.1, 0.15) is 17.4 Å². The molecule has 3 rings (SSSR count). The standard InChI is InChI=1S/C17H11Cl2N3O/c18-14-5-1-11(2-6-14)13(10-20)9-16-21-22-17(23-16)12-3-7-15(19)8-4-12/h1-8,13H,9H2/t13-/m1/s1. The highest BCUT2D eigenvalue weighted by Crippen LogP contribution is 2.24. The Balaban J connectivity index is 1.79. The Bertz CT molecular complexity index is 836. The first-order chi connectivity index (χ1) is 11.2. The summed E-state index contributed by atoms with van der Waals surface area (Å²) >= 11 is 11.7. The molecule has 114 valence electrons. The molecule has 1 aromatic heterocycles. The molecular formula is C17H11Cl2N3O. The lowest BCUT2D eigenvalue weighted by molar-refractivity contribution is 0.497. The monoisotopic (exact) mass is 343 g/mol. The van der Waals surface area contributed by atoms with Gasteiger partial charge < -0.3 is 4.42 Å². The van der Waals surface area contributed by atoms with E-state index < -0.39 is 0 Å². The molecule has 6 heteroatoms. The van der Waals surface area contributed by atoms with E-state index in [4.69, 9.17) is 27.6 Å². The molecule has 0 fully saturated rings. The summed E-state index contributed by atoms with van der Waals surface area (Å²) in [5.41, 5.74) is 1.65. The van der Waals surface area contributed by atoms with Gasteiger partial charge in [-0.1, -0.05) is 35.3 Å². The largest absolute Gasteiger partial charge is 0.421 e. The van der Waals surface area contributed by atoms with Crippen LogP contribution in [-0.2, 0) is 6.42 Å². The molecule has 2 aromatic carbocycles. The average molecular weight is 344 g/mol. The predicted octanol–water partition coefficient (Wildman–Crippen LogP) is 4.89. The zero-order chi connectivity index (χ0) is 16.2. The highest BCUT2D eigenvalue weighted by molar-refractivity contribution is 6.30. The lowest BCUT2D eigenvalue weighted by Crippen LogP contribution is -2.00. The van der Waals surface area contributed by atoms with Gasteiger partial charge in [0.2, 0.25) is 11.8 Å². The van der Waals surface area contributed by atoms with Crippen molar-refractivity contribution in [2.24, 2.45) is 0 Å². The number of nitriles is 1. The molecule has 4 nitrogen and oxygen atoms in total. The van der Waals surface area contributed by atoms with Crippen molar-refractivity contribution >= 4 is 23.2 Å². The van der Waals surface area contributed by atoms with Gasteiger partial charge >= 0.3 is 0 Å². The van der Waals surface area contributed by atoms with Crippen LogP contribution in [0.3, 0.4) is 0 Å². The zero-order valence-corrected chi connectivity index (χ0v) is 13.4. The van der Waals surface area contributed by atoms with Crippen molar-refractivity contribution in [3.8, 4) is 17.5 Å². The van der Waals surface area contributed by atoms with E-state index in [9.17, 15) is 5.26 Å². The molecule has 0 aliphatic carbocycles. The molecule has 3 aromatic rings. The molecule has 0 amide bonds. The van der Waals surface area contributed by atoms with Crippen LogP contribution in [0.2, 0.25) is 10.0 Å². The Hall–Kier alpha value is -2.35. The minimum absolute atomic E-state index is 0.346. The summed E-state index contributed by atoms with van der Waals surface area (Å²) in [7, 11) is 0. The number of hydrogen-bond acceptors (Lipinski definition) is 4. The summed E-state index contributed by atoms with van der Waals surface area (Å²) in [4.78, 5) is 0. The van der Waals surface area contributed by atoms with Gasteiger partial charge in [0.15, 0.2) is 0 Å². The topological polar surface area (TPSA) is 62.7 Å². The molecule has 0 bridgehead atoms. The van der Waals surface area contributed by atoms with Gasteiger partial charge in [-0.25, -0.2) is 0 Å². The first-order valence-electron chi connectivity index (χ1n) is 6.89. The molecule has 0 saturated heterocycles. The summed E-state index contributed by atoms with van der Waals surface area (Å²) in [5, 5.41) is 18.7. The van der Waals surface area contributed by atoms with E-state index in [1.54, 1.807) is 36.4 Å². The summed E-state index contributed by atoms with van der Waals surface area (Å²) in [6.07, 6.45) is 0.346. The third-order valence-electron chi connectivity index (χ3n) is 3.36. The van der Waals surface area contributed by atoms with Crippen molar-refractivity contribution in [1.29, 1.82) is 5.26 Å². The zero-order valence-electron chi connectivity index (χ0n) is 11.9. The molecule has 0 aliphatic rings. The van der Waals surface area contributed by atoms with Gasteiger partial charge in [0.25, 0.3) is 0 Å². The number of halogens is 2. The summed E-state index contributed by atoms with van der Waals surface area (Å²) in [6.45, 7) is 0. The number of hydrogen-bond donors (Lipinski definition) is 0. The van der Waals surface area contributed by atoms with E-state index in [0.717, 1.165) is 11.1 Å². The lowest BCUT2D eigenvalue weighted by Gasteiger charge is -2.06. The molecule has 0 saturated carbocycles. The Kier molecular flexibility index (Phi) is 4.61. The van der Waals surface area contributed by atoms with E-state index in [2.05, 4.69) is 16.3 Å². The lowest BCUT2D eigenvalue weighted by atomic mass is 9.97. The third kappa shape index (κ3) is 3.70. The SMILES string of the molecule is N#C[C@@H](Cc1nnc(-c2ccc(Cl)cc2)o1)c1ccc(Cl)cc1. The first kappa shape index (κ1) is 15.5. The number of aromatic nitrogens is 2. The van der Waals surface area contributed by atoms with Crippen molar-refractivity contribution in [2.75, 3.05) is 0 Å². The molecule has 1 atom stereocenters. The van der Waals surface area contributed by atoms with Crippen molar-refractivity contribution in [1.82, 2.24) is 10.2 Å². The Morgan fingerprint density at radius 3 is 2.17 bits per heavy atom. The van der Waals surface area contributed by atoms with Crippen molar-refractivity contribution in [3.63, 3.8) is 0 Å². The molecule has 0 spiro atoms. The highest BCUT2D eigenvalue weighted by Gasteiger charge is 2.16. The van der Waals surface area contributed by atoms with E-state index in [1.807, 2.05) is 12.1 Å². The normalized spacial score (nSPS) is 11.9. The van der Waals surface area contributed by atoms with Crippen LogP contribution in [0, 0.1) is 11.3 Å². The van der Waals surface area contributed by atoms with Crippen LogP contribution < -0.4 is 0 Å². The van der Waals surface area contributed by atoms with Crippen LogP contribution in [0.5, 0.6) is 0 Å². The van der Waals surface area contributed by atoms with Gasteiger partial charge in [0.1, 0.15) is 0 Å². The van der Waals surface area contributed by atoms with Gasteiger partial charge in [-0.2, -0.15) is 5.26 Å². The molecule has 0 aliphatic heterocycles. The smallest absolute Gasteiger partial charge is 0.247 e. The quantitative estimate of drug-likeness (QED) is 0.676. The molecule has 1 heterocycles. The predicted molar refractivity (Wildman–Crippen MR) is 88.3 cm³/mol. The Morgan fingerprint density at radius 1 is 0.957 bits per heavy atom. The van der Waals surface area contributed by atoms with Crippen molar-refractivity contribution in [3.05, 3.63) is 70.0 Å². The first-order valence-corrected chi connectivity index (χ1v) is 7.64. The maximum Gasteiger partial charge on any atom is 0.247 e. The number of benzene rings is 2. The fraction of sp³-hybridized carbons (Fsp3) is 0.118. The third-order valence-corrected chi connectivity index (χ3v) is 3.87. The fourth-order valence-corrected chi connectivity index (χ4v) is 2.40. The maximum atomic E-state index is 9.38. The second-order valence-electron chi connectivity index (χ2n) is 4.95. The fourth-order valence-electron chi connectivity index (χ4n) is 2.15. The molecular weight excluding hydrogens is 333 g/mol. The minimum Gasteiger partial charge on any atom is -0.421 e. The highest BCUT2D eigenvalue weighted by atomic mass is 35.5. The van der Waals surface area contributed by atoms with E-state index in [-0.39, 0.29) is 5.92 Å². The molecule has 23 heavy (non-hydrogen) atoms. The van der Waals surface area contributed by atoms with Gasteiger partial charge in [-0.05, 0) is 42.0 Å². The van der Waals surface area contributed by atoms with E-state index >= 15 is 0 Å². The molecule has 0 unspecified atom stereocenters. The molecule has 0 N–H and O–H groups in total. The second-order valence-corrected chi connectivity index (χ2v) is 5.82. The van der Waals surface area contributed by atoms with Crippen LogP contribution in [-0.4, -0.2) is 10.2 Å². The second kappa shape index (κ2) is 6.82. The average Bonchev–Trinajstić information content (AvgIpc) is 3.03. The maximum absolute atomic E-state index is 9.38. The van der Waals surface area contributed by atoms with E-state index in [1.165, 1.54) is 0 Å². The Labute approximate surface area is 143 Å². The van der Waals surface area contributed by atoms with E-state index in [0.29, 0.717) is 28.2 Å². The minimum atomic E-state index is -0.370. The van der Waals surface area contributed by atoms with Crippen LogP contribution in [0.4, 0.5) is 0 Å². The van der Waals surface area contributed by atoms with Gasteiger partial charge in [0, 0.05) is 22.0 Å². The van der Waals surface area contributed by atoms with Crippen LogP contribution in [0.25, 0.3) is 11.5 Å². The number of rotatable bonds is 4. The summed E-state index contributed by atoms with van der Waals surface area (Å²) in [6, 6.07) is 16.5. The van der Waals surface area contributed by atoms with Gasteiger partial charge in [-0.15, -0.1) is 10.2 Å². The van der Waals surface area contributed by atoms with Crippen LogP contribution >= 0.6 is 23.2 Å². The molecule has 0 radical (unpaired) electrons. The summed E-state index contributed by atoms with van der Waals surface area (Å²) in [5.74, 6) is 0.451. The Morgan fingerprint density at radius 2 is 1.57 bits per heavy atom. The number of nitrogens with zero attached hydrogens (tertiary/aromatic N) is 3.